The van der Waals surface area contributed by atoms with Gasteiger partial charge in [0.25, 0.3) is 5.09 Å². The van der Waals surface area contributed by atoms with Crippen LogP contribution in [0.5, 0.6) is 0 Å². The summed E-state index contributed by atoms with van der Waals surface area (Å²) in [6, 6.07) is 0. The molecule has 1 aliphatic rings. The number of rotatable bonds is 7. The fourth-order valence-electron chi connectivity index (χ4n) is 2.04. The topological polar surface area (TPSA) is 70.8 Å². The van der Waals surface area contributed by atoms with Gasteiger partial charge in [-0.1, -0.05) is 0 Å². The third-order valence-electron chi connectivity index (χ3n) is 3.50. The number of halogens is 14. The molecule has 30 heavy (non-hydrogen) atoms. The molecule has 0 radical (unpaired) electrons. The van der Waals surface area contributed by atoms with Gasteiger partial charge in [0.05, 0.1) is 6.61 Å². The molecule has 0 bridgehead atoms. The first-order valence-electron chi connectivity index (χ1n) is 6.73. The summed E-state index contributed by atoms with van der Waals surface area (Å²) in [5.41, 5.74) is 0. The molecular weight excluding hydrogens is 480 g/mol. The molecule has 178 valence electrons. The molecule has 0 aromatic heterocycles. The number of ether oxygens (including phenoxy) is 2. The molecule has 0 N–H and O–H groups in total. The maximum absolute atomic E-state index is 14.0. The molecule has 0 aromatic rings. The van der Waals surface area contributed by atoms with Crippen LogP contribution in [0.1, 0.15) is 0 Å². The van der Waals surface area contributed by atoms with E-state index in [2.05, 4.69) is 14.3 Å². The summed E-state index contributed by atoms with van der Waals surface area (Å²) in [4.78, 5) is 13.3. The first kappa shape index (κ1) is 26.2. The van der Waals surface area contributed by atoms with Gasteiger partial charge in [0, 0.05) is 0 Å². The van der Waals surface area contributed by atoms with Crippen molar-refractivity contribution in [2.45, 2.75) is 47.9 Å². The summed E-state index contributed by atoms with van der Waals surface area (Å²) < 4.78 is 189. The summed E-state index contributed by atoms with van der Waals surface area (Å²) in [5, 5.41) is 8.15. The first-order valence-corrected chi connectivity index (χ1v) is 6.73. The largest absolute Gasteiger partial charge is 0.460 e. The van der Waals surface area contributed by atoms with E-state index in [0.29, 0.717) is 0 Å². The number of alkyl halides is 14. The van der Waals surface area contributed by atoms with E-state index in [4.69, 9.17) is 0 Å². The quantitative estimate of drug-likeness (QED) is 0.310. The summed E-state index contributed by atoms with van der Waals surface area (Å²) in [6.45, 7) is -3.95. The van der Waals surface area contributed by atoms with E-state index in [1.54, 1.807) is 0 Å². The van der Waals surface area contributed by atoms with Crippen LogP contribution in [0.15, 0.2) is 0 Å². The van der Waals surface area contributed by atoms with Gasteiger partial charge in [-0.15, -0.1) is 10.1 Å². The molecule has 0 amide bonds. The lowest BCUT2D eigenvalue weighted by Gasteiger charge is -2.45. The van der Waals surface area contributed by atoms with Crippen molar-refractivity contribution in [1.82, 2.24) is 0 Å². The Kier molecular flexibility index (Phi) is 6.19. The Hall–Kier alpha value is -1.86. The molecule has 1 heterocycles. The number of hydrogen-bond donors (Lipinski definition) is 0. The predicted molar refractivity (Wildman–Crippen MR) is 58.4 cm³/mol. The summed E-state index contributed by atoms with van der Waals surface area (Å²) in [5.74, 6) is -37.2. The van der Waals surface area contributed by atoms with Crippen molar-refractivity contribution in [3.05, 3.63) is 10.1 Å². The van der Waals surface area contributed by atoms with Crippen molar-refractivity contribution >= 4 is 0 Å². The fraction of sp³-hybridized carbons (Fsp3) is 1.00. The van der Waals surface area contributed by atoms with Crippen molar-refractivity contribution in [2.75, 3.05) is 13.2 Å². The van der Waals surface area contributed by atoms with Crippen molar-refractivity contribution in [3.8, 4) is 0 Å². The predicted octanol–water partition coefficient (Wildman–Crippen LogP) is 3.97. The summed E-state index contributed by atoms with van der Waals surface area (Å²) in [6.07, 6.45) is -17.8. The van der Waals surface area contributed by atoms with Crippen LogP contribution in [0, 0.1) is 10.1 Å². The second-order valence-corrected chi connectivity index (χ2v) is 5.48. The third-order valence-corrected chi connectivity index (χ3v) is 3.50. The highest BCUT2D eigenvalue weighted by atomic mass is 19.4. The zero-order valence-corrected chi connectivity index (χ0v) is 13.3. The fourth-order valence-corrected chi connectivity index (χ4v) is 2.04. The van der Waals surface area contributed by atoms with Gasteiger partial charge in [-0.2, -0.15) is 61.5 Å². The smallest absolute Gasteiger partial charge is 0.337 e. The minimum absolute atomic E-state index is 1.80. The zero-order valence-electron chi connectivity index (χ0n) is 13.3. The number of nitrogens with zero attached hydrogens (tertiary/aromatic N) is 1. The van der Waals surface area contributed by atoms with Crippen molar-refractivity contribution in [2.24, 2.45) is 0 Å². The average molecular weight is 485 g/mol. The van der Waals surface area contributed by atoms with Crippen molar-refractivity contribution < 1.29 is 80.9 Å². The molecule has 0 saturated carbocycles. The van der Waals surface area contributed by atoms with E-state index in [1.165, 1.54) is 0 Å². The summed E-state index contributed by atoms with van der Waals surface area (Å²) in [7, 11) is 0. The Balaban J connectivity index is 3.70. The van der Waals surface area contributed by atoms with Crippen LogP contribution in [0.3, 0.4) is 0 Å². The van der Waals surface area contributed by atoms with Crippen LogP contribution in [0.2, 0.25) is 0 Å². The van der Waals surface area contributed by atoms with Gasteiger partial charge >= 0.3 is 41.8 Å². The van der Waals surface area contributed by atoms with Crippen molar-refractivity contribution in [1.29, 1.82) is 0 Å². The standard InChI is InChI=1S/C10H5F14NO5/c11-4(12,6(15,16)9(19,20)21)8(5(13,14)7(17,18)10(22,23)24)28-1-3(30-8)2-29-25(26)27/h3H,1-2H2. The molecule has 20 heteroatoms. The van der Waals surface area contributed by atoms with E-state index in [9.17, 15) is 71.6 Å². The van der Waals surface area contributed by atoms with Gasteiger partial charge in [0.15, 0.2) is 0 Å². The highest BCUT2D eigenvalue weighted by molar-refractivity contribution is 5.14. The van der Waals surface area contributed by atoms with Crippen molar-refractivity contribution in [3.63, 3.8) is 0 Å². The first-order chi connectivity index (χ1) is 13.0. The Morgan fingerprint density at radius 1 is 0.833 bits per heavy atom. The van der Waals surface area contributed by atoms with Gasteiger partial charge in [-0.05, 0) is 0 Å². The SMILES string of the molecule is O=[N+]([O-])OCC1COC(C(F)(F)C(F)(F)C(F)(F)F)(C(F)(F)C(F)(F)C(F)(F)F)O1. The van der Waals surface area contributed by atoms with Gasteiger partial charge in [0.1, 0.15) is 12.7 Å². The normalized spacial score (nSPS) is 21.6. The van der Waals surface area contributed by atoms with Gasteiger partial charge in [-0.25, -0.2) is 0 Å². The second kappa shape index (κ2) is 7.09. The highest BCUT2D eigenvalue weighted by Gasteiger charge is 2.94. The maximum atomic E-state index is 14.0. The maximum Gasteiger partial charge on any atom is 0.460 e. The van der Waals surface area contributed by atoms with E-state index in [-0.39, 0.29) is 0 Å². The minimum atomic E-state index is -7.70. The van der Waals surface area contributed by atoms with Gasteiger partial charge in [-0.3, -0.25) is 0 Å². The highest BCUT2D eigenvalue weighted by Crippen LogP contribution is 2.63. The van der Waals surface area contributed by atoms with Gasteiger partial charge in [0.2, 0.25) is 0 Å². The molecule has 1 atom stereocenters. The Labute approximate surface area is 153 Å². The van der Waals surface area contributed by atoms with Crippen LogP contribution in [0.4, 0.5) is 61.5 Å². The lowest BCUT2D eigenvalue weighted by atomic mass is 9.90. The lowest BCUT2D eigenvalue weighted by molar-refractivity contribution is -0.759. The zero-order chi connectivity index (χ0) is 24.2. The Bertz CT molecular complexity index is 620. The molecule has 1 unspecified atom stereocenters. The Morgan fingerprint density at radius 3 is 1.50 bits per heavy atom. The van der Waals surface area contributed by atoms with E-state index in [0.717, 1.165) is 0 Å². The van der Waals surface area contributed by atoms with E-state index in [1.807, 2.05) is 0 Å². The molecule has 1 rings (SSSR count). The van der Waals surface area contributed by atoms with Crippen LogP contribution in [-0.4, -0.2) is 66.2 Å². The number of hydrogen-bond acceptors (Lipinski definition) is 5. The second-order valence-electron chi connectivity index (χ2n) is 5.48. The molecule has 6 nitrogen and oxygen atoms in total. The molecule has 1 fully saturated rings. The molecule has 1 aliphatic heterocycles. The van der Waals surface area contributed by atoms with Gasteiger partial charge < -0.3 is 14.3 Å². The molecule has 0 aromatic carbocycles. The average Bonchev–Trinajstić information content (AvgIpc) is 2.96. The van der Waals surface area contributed by atoms with Crippen LogP contribution in [0.25, 0.3) is 0 Å². The summed E-state index contributed by atoms with van der Waals surface area (Å²) >= 11 is 0. The third kappa shape index (κ3) is 3.56. The molecule has 0 spiro atoms. The Morgan fingerprint density at radius 2 is 1.20 bits per heavy atom. The van der Waals surface area contributed by atoms with Crippen LogP contribution < -0.4 is 0 Å². The minimum Gasteiger partial charge on any atom is -0.337 e. The lowest BCUT2D eigenvalue weighted by Crippen LogP contribution is -2.76. The van der Waals surface area contributed by atoms with Crippen LogP contribution >= 0.6 is 0 Å². The monoisotopic (exact) mass is 485 g/mol. The van der Waals surface area contributed by atoms with E-state index < -0.39 is 66.2 Å². The molecule has 0 aliphatic carbocycles. The molecule has 1 saturated heterocycles. The molecular formula is C10H5F14NO5. The van der Waals surface area contributed by atoms with E-state index >= 15 is 0 Å². The van der Waals surface area contributed by atoms with Crippen LogP contribution in [-0.2, 0) is 14.3 Å².